The number of rotatable bonds is 2. The number of imidazole rings is 1. The van der Waals surface area contributed by atoms with Crippen molar-refractivity contribution in [1.29, 1.82) is 0 Å². The second kappa shape index (κ2) is 6.28. The number of hydrogen-bond acceptors (Lipinski definition) is 4. The molecule has 1 atom stereocenters. The van der Waals surface area contributed by atoms with Crippen molar-refractivity contribution < 1.29 is 4.39 Å². The van der Waals surface area contributed by atoms with Crippen LogP contribution in [0, 0.1) is 12.7 Å². The van der Waals surface area contributed by atoms with Crippen molar-refractivity contribution >= 4 is 11.3 Å². The predicted octanol–water partition coefficient (Wildman–Crippen LogP) is 3.90. The zero-order chi connectivity index (χ0) is 17.7. The summed E-state index contributed by atoms with van der Waals surface area (Å²) in [4.78, 5) is 16.8. The maximum Gasteiger partial charge on any atom is 0.140 e. The van der Waals surface area contributed by atoms with Crippen LogP contribution in [0.15, 0.2) is 24.3 Å². The summed E-state index contributed by atoms with van der Waals surface area (Å²) in [6.07, 6.45) is 4.29. The zero-order valence-corrected chi connectivity index (χ0v) is 15.6. The van der Waals surface area contributed by atoms with E-state index in [0.717, 1.165) is 43.7 Å². The highest BCUT2D eigenvalue weighted by Crippen LogP contribution is 2.31. The first-order valence-electron chi connectivity index (χ1n) is 9.19. The molecule has 2 aromatic heterocycles. The topological polar surface area (TPSA) is 44.8 Å². The van der Waals surface area contributed by atoms with Crippen LogP contribution in [-0.4, -0.2) is 32.4 Å². The summed E-state index contributed by atoms with van der Waals surface area (Å²) in [5, 5.41) is 1.18. The predicted molar refractivity (Wildman–Crippen MR) is 101 cm³/mol. The molecule has 6 heteroatoms. The van der Waals surface area contributed by atoms with Crippen LogP contribution in [0.2, 0.25) is 0 Å². The molecule has 0 fully saturated rings. The lowest BCUT2D eigenvalue weighted by atomic mass is 9.94. The molecule has 1 N–H and O–H groups in total. The highest BCUT2D eigenvalue weighted by atomic mass is 32.1. The van der Waals surface area contributed by atoms with Crippen molar-refractivity contribution in [3.63, 3.8) is 0 Å². The van der Waals surface area contributed by atoms with Crippen molar-refractivity contribution in [2.75, 3.05) is 6.54 Å². The largest absolute Gasteiger partial charge is 0.340 e. The van der Waals surface area contributed by atoms with Gasteiger partial charge >= 0.3 is 0 Å². The summed E-state index contributed by atoms with van der Waals surface area (Å²) in [5.41, 5.74) is 4.06. The standard InChI is InChI=1S/C20H21FN4S/c1-12-22-17-10-13(6-7-19(17)26-12)25-9-8-16-18(11-25)24-20(23-16)14-4-2-3-5-15(14)21/h2-5,13H,6-11H2,1H3,(H,23,24). The van der Waals surface area contributed by atoms with Gasteiger partial charge in [-0.15, -0.1) is 11.3 Å². The maximum absolute atomic E-state index is 14.1. The summed E-state index contributed by atoms with van der Waals surface area (Å²) in [6, 6.07) is 7.36. The van der Waals surface area contributed by atoms with E-state index in [1.807, 2.05) is 17.4 Å². The summed E-state index contributed by atoms with van der Waals surface area (Å²) in [6.45, 7) is 3.97. The molecule has 1 unspecified atom stereocenters. The Morgan fingerprint density at radius 1 is 1.19 bits per heavy atom. The molecule has 2 aliphatic rings. The fourth-order valence-electron chi connectivity index (χ4n) is 4.21. The van der Waals surface area contributed by atoms with E-state index in [0.29, 0.717) is 17.4 Å². The van der Waals surface area contributed by atoms with Gasteiger partial charge in [-0.2, -0.15) is 0 Å². The molecule has 3 aromatic rings. The minimum atomic E-state index is -0.228. The van der Waals surface area contributed by atoms with Crippen molar-refractivity contribution in [1.82, 2.24) is 19.9 Å². The number of aryl methyl sites for hydroxylation is 2. The van der Waals surface area contributed by atoms with Gasteiger partial charge in [0.05, 0.1) is 27.7 Å². The second-order valence-electron chi connectivity index (χ2n) is 7.21. The zero-order valence-electron chi connectivity index (χ0n) is 14.8. The third kappa shape index (κ3) is 2.77. The monoisotopic (exact) mass is 368 g/mol. The number of thiazole rings is 1. The molecule has 1 aliphatic heterocycles. The van der Waals surface area contributed by atoms with Gasteiger partial charge in [-0.25, -0.2) is 14.4 Å². The van der Waals surface area contributed by atoms with Crippen LogP contribution in [-0.2, 0) is 25.8 Å². The van der Waals surface area contributed by atoms with Gasteiger partial charge in [-0.3, -0.25) is 4.90 Å². The first-order valence-corrected chi connectivity index (χ1v) is 10.0. The summed E-state index contributed by atoms with van der Waals surface area (Å²) in [7, 11) is 0. The molecule has 0 amide bonds. The van der Waals surface area contributed by atoms with Gasteiger partial charge in [0.1, 0.15) is 11.6 Å². The van der Waals surface area contributed by atoms with Crippen LogP contribution < -0.4 is 0 Å². The van der Waals surface area contributed by atoms with Crippen LogP contribution in [0.3, 0.4) is 0 Å². The van der Waals surface area contributed by atoms with Crippen molar-refractivity contribution in [3.05, 3.63) is 57.0 Å². The van der Waals surface area contributed by atoms with Gasteiger partial charge in [0.2, 0.25) is 0 Å². The summed E-state index contributed by atoms with van der Waals surface area (Å²) >= 11 is 1.85. The van der Waals surface area contributed by atoms with Crippen molar-refractivity contribution in [2.24, 2.45) is 0 Å². The highest BCUT2D eigenvalue weighted by Gasteiger charge is 2.30. The number of fused-ring (bicyclic) bond motifs is 2. The average Bonchev–Trinajstić information content (AvgIpc) is 3.22. The molecule has 0 saturated heterocycles. The number of aromatic nitrogens is 3. The van der Waals surface area contributed by atoms with E-state index < -0.39 is 0 Å². The first-order chi connectivity index (χ1) is 12.7. The van der Waals surface area contributed by atoms with Gasteiger partial charge in [0.15, 0.2) is 0 Å². The van der Waals surface area contributed by atoms with E-state index >= 15 is 0 Å². The van der Waals surface area contributed by atoms with Gasteiger partial charge < -0.3 is 4.98 Å². The van der Waals surface area contributed by atoms with E-state index in [9.17, 15) is 4.39 Å². The molecule has 3 heterocycles. The lowest BCUT2D eigenvalue weighted by molar-refractivity contribution is 0.160. The van der Waals surface area contributed by atoms with E-state index in [-0.39, 0.29) is 5.82 Å². The van der Waals surface area contributed by atoms with Crippen LogP contribution in [0.4, 0.5) is 4.39 Å². The number of aromatic amines is 1. The second-order valence-corrected chi connectivity index (χ2v) is 8.50. The molecular weight excluding hydrogens is 347 g/mol. The molecule has 1 aromatic carbocycles. The third-order valence-corrected chi connectivity index (χ3v) is 6.60. The third-order valence-electron chi connectivity index (χ3n) is 5.53. The van der Waals surface area contributed by atoms with Crippen LogP contribution >= 0.6 is 11.3 Å². The summed E-state index contributed by atoms with van der Waals surface area (Å²) < 4.78 is 14.1. The van der Waals surface area contributed by atoms with Gasteiger partial charge in [-0.1, -0.05) is 12.1 Å². The Morgan fingerprint density at radius 2 is 2.08 bits per heavy atom. The lowest BCUT2D eigenvalue weighted by Crippen LogP contribution is -2.42. The molecular formula is C20H21FN4S. The smallest absolute Gasteiger partial charge is 0.140 e. The highest BCUT2D eigenvalue weighted by molar-refractivity contribution is 7.11. The van der Waals surface area contributed by atoms with E-state index in [1.54, 1.807) is 12.1 Å². The van der Waals surface area contributed by atoms with Crippen LogP contribution in [0.25, 0.3) is 11.4 Å². The minimum Gasteiger partial charge on any atom is -0.340 e. The fraction of sp³-hybridized carbons (Fsp3) is 0.400. The summed E-state index contributed by atoms with van der Waals surface area (Å²) in [5.74, 6) is 0.421. The van der Waals surface area contributed by atoms with Gasteiger partial charge in [-0.05, 0) is 31.9 Å². The number of halogens is 1. The molecule has 26 heavy (non-hydrogen) atoms. The minimum absolute atomic E-state index is 0.228. The number of nitrogens with one attached hydrogen (secondary N) is 1. The number of benzene rings is 1. The van der Waals surface area contributed by atoms with Crippen LogP contribution in [0.5, 0.6) is 0 Å². The number of nitrogens with zero attached hydrogens (tertiary/aromatic N) is 3. The number of hydrogen-bond donors (Lipinski definition) is 1. The van der Waals surface area contributed by atoms with Crippen LogP contribution in [0.1, 0.15) is 33.4 Å². The SMILES string of the molecule is Cc1nc2c(s1)CCC(N1CCc3nc(-c4ccccc4F)[nH]c3C1)C2. The van der Waals surface area contributed by atoms with Crippen molar-refractivity contribution in [3.8, 4) is 11.4 Å². The Labute approximate surface area is 156 Å². The lowest BCUT2D eigenvalue weighted by Gasteiger charge is -2.35. The van der Waals surface area contributed by atoms with Gasteiger partial charge in [0, 0.05) is 36.9 Å². The van der Waals surface area contributed by atoms with Crippen molar-refractivity contribution in [2.45, 2.75) is 45.2 Å². The Hall–Kier alpha value is -2.05. The fourth-order valence-corrected chi connectivity index (χ4v) is 5.19. The normalized spacial score (nSPS) is 20.0. The Morgan fingerprint density at radius 3 is 2.96 bits per heavy atom. The molecule has 4 nitrogen and oxygen atoms in total. The average molecular weight is 368 g/mol. The van der Waals surface area contributed by atoms with Gasteiger partial charge in [0.25, 0.3) is 0 Å². The van der Waals surface area contributed by atoms with E-state index in [1.165, 1.54) is 28.1 Å². The van der Waals surface area contributed by atoms with E-state index in [4.69, 9.17) is 4.98 Å². The maximum atomic E-state index is 14.1. The molecule has 5 rings (SSSR count). The number of H-pyrrole nitrogens is 1. The Balaban J connectivity index is 1.37. The molecule has 134 valence electrons. The molecule has 0 spiro atoms. The molecule has 0 radical (unpaired) electrons. The quantitative estimate of drug-likeness (QED) is 0.746. The molecule has 1 aliphatic carbocycles. The Kier molecular flexibility index (Phi) is 3.90. The first kappa shape index (κ1) is 16.1. The Bertz CT molecular complexity index is 961. The molecule has 0 saturated carbocycles. The van der Waals surface area contributed by atoms with E-state index in [2.05, 4.69) is 21.8 Å². The molecule has 0 bridgehead atoms.